The van der Waals surface area contributed by atoms with Crippen LogP contribution in [0.3, 0.4) is 0 Å². The summed E-state index contributed by atoms with van der Waals surface area (Å²) in [5.74, 6) is 1.08. The van der Waals surface area contributed by atoms with Crippen molar-refractivity contribution in [1.82, 2.24) is 15.2 Å². The lowest BCUT2D eigenvalue weighted by Gasteiger charge is -2.35. The average molecular weight is 327 g/mol. The highest BCUT2D eigenvalue weighted by molar-refractivity contribution is 5.91. The standard InChI is InChI=1S/C19H25N3O2/c1-14-6-5-11-22(13-14)15(2)12-20-18(23)9-10-19-21-16-7-3-4-8-17(16)24-19/h3-4,7-10,14-15H,5-6,11-13H2,1-2H3,(H,20,23)/b10-9+. The first-order valence-electron chi connectivity index (χ1n) is 8.67. The number of oxazole rings is 1. The molecule has 2 atom stereocenters. The predicted molar refractivity (Wildman–Crippen MR) is 95.5 cm³/mol. The van der Waals surface area contributed by atoms with Gasteiger partial charge >= 0.3 is 0 Å². The molecule has 0 spiro atoms. The molecule has 1 aliphatic heterocycles. The molecule has 0 aliphatic carbocycles. The smallest absolute Gasteiger partial charge is 0.244 e. The van der Waals surface area contributed by atoms with E-state index in [0.717, 1.165) is 30.1 Å². The molecule has 1 N–H and O–H groups in total. The molecule has 1 aromatic carbocycles. The van der Waals surface area contributed by atoms with E-state index in [1.807, 2.05) is 24.3 Å². The number of nitrogens with one attached hydrogen (secondary N) is 1. The summed E-state index contributed by atoms with van der Waals surface area (Å²) in [6.07, 6.45) is 5.65. The fraction of sp³-hybridized carbons (Fsp3) is 0.474. The first-order chi connectivity index (χ1) is 11.6. The van der Waals surface area contributed by atoms with Gasteiger partial charge in [-0.25, -0.2) is 4.98 Å². The third kappa shape index (κ3) is 4.23. The van der Waals surface area contributed by atoms with Gasteiger partial charge in [0, 0.05) is 31.3 Å². The molecule has 0 saturated carbocycles. The molecule has 2 heterocycles. The second kappa shape index (κ2) is 7.62. The zero-order valence-electron chi connectivity index (χ0n) is 14.4. The van der Waals surface area contributed by atoms with Gasteiger partial charge in [-0.3, -0.25) is 9.69 Å². The fourth-order valence-corrected chi connectivity index (χ4v) is 3.17. The quantitative estimate of drug-likeness (QED) is 0.858. The van der Waals surface area contributed by atoms with Crippen LogP contribution in [0.2, 0.25) is 0 Å². The number of benzene rings is 1. The summed E-state index contributed by atoms with van der Waals surface area (Å²) in [6, 6.07) is 7.91. The number of rotatable bonds is 5. The predicted octanol–water partition coefficient (Wildman–Crippen LogP) is 3.08. The second-order valence-corrected chi connectivity index (χ2v) is 6.69. The van der Waals surface area contributed by atoms with Crippen LogP contribution in [0.5, 0.6) is 0 Å². The number of carbonyl (C=O) groups is 1. The van der Waals surface area contributed by atoms with Gasteiger partial charge < -0.3 is 9.73 Å². The fourth-order valence-electron chi connectivity index (χ4n) is 3.17. The van der Waals surface area contributed by atoms with E-state index in [2.05, 4.69) is 29.0 Å². The van der Waals surface area contributed by atoms with Gasteiger partial charge in [0.15, 0.2) is 5.58 Å². The van der Waals surface area contributed by atoms with Crippen LogP contribution in [-0.4, -0.2) is 41.5 Å². The molecule has 5 heteroatoms. The van der Waals surface area contributed by atoms with Crippen LogP contribution >= 0.6 is 0 Å². The maximum absolute atomic E-state index is 12.0. The number of carbonyl (C=O) groups excluding carboxylic acids is 1. The molecule has 3 rings (SSSR count). The Labute approximate surface area is 142 Å². The van der Waals surface area contributed by atoms with Crippen molar-refractivity contribution in [3.05, 3.63) is 36.2 Å². The molecular weight excluding hydrogens is 302 g/mol. The van der Waals surface area contributed by atoms with Crippen LogP contribution in [-0.2, 0) is 4.79 Å². The summed E-state index contributed by atoms with van der Waals surface area (Å²) in [5, 5.41) is 2.96. The Kier molecular flexibility index (Phi) is 5.30. The Bertz CT molecular complexity index is 689. The van der Waals surface area contributed by atoms with Crippen molar-refractivity contribution in [2.45, 2.75) is 32.7 Å². The Hall–Kier alpha value is -2.14. The van der Waals surface area contributed by atoms with Crippen LogP contribution in [0.4, 0.5) is 0 Å². The first-order valence-corrected chi connectivity index (χ1v) is 8.67. The molecule has 24 heavy (non-hydrogen) atoms. The summed E-state index contributed by atoms with van der Waals surface area (Å²) in [4.78, 5) is 18.8. The Balaban J connectivity index is 1.49. The van der Waals surface area contributed by atoms with Crippen molar-refractivity contribution in [2.75, 3.05) is 19.6 Å². The summed E-state index contributed by atoms with van der Waals surface area (Å²) in [7, 11) is 0. The van der Waals surface area contributed by atoms with E-state index in [-0.39, 0.29) is 5.91 Å². The van der Waals surface area contributed by atoms with Gasteiger partial charge in [0.1, 0.15) is 5.52 Å². The van der Waals surface area contributed by atoms with E-state index in [4.69, 9.17) is 4.42 Å². The van der Waals surface area contributed by atoms with Crippen LogP contribution in [0.15, 0.2) is 34.8 Å². The molecular formula is C19H25N3O2. The molecule has 0 bridgehead atoms. The SMILES string of the molecule is CC1CCCN(C(C)CNC(=O)/C=C/c2nc3ccccc3o2)C1. The molecule has 2 unspecified atom stereocenters. The zero-order valence-corrected chi connectivity index (χ0v) is 14.4. The Morgan fingerprint density at radius 3 is 3.12 bits per heavy atom. The second-order valence-electron chi connectivity index (χ2n) is 6.69. The van der Waals surface area contributed by atoms with E-state index < -0.39 is 0 Å². The molecule has 128 valence electrons. The van der Waals surface area contributed by atoms with Gasteiger partial charge in [0.05, 0.1) is 0 Å². The molecule has 2 aromatic rings. The number of fused-ring (bicyclic) bond motifs is 1. The monoisotopic (exact) mass is 327 g/mol. The van der Waals surface area contributed by atoms with E-state index in [1.54, 1.807) is 6.08 Å². The summed E-state index contributed by atoms with van der Waals surface area (Å²) in [6.45, 7) is 7.36. The summed E-state index contributed by atoms with van der Waals surface area (Å²) in [5.41, 5.74) is 1.52. The van der Waals surface area contributed by atoms with Crippen molar-refractivity contribution in [2.24, 2.45) is 5.92 Å². The van der Waals surface area contributed by atoms with Gasteiger partial charge in [-0.2, -0.15) is 0 Å². The van der Waals surface area contributed by atoms with Crippen LogP contribution in [0, 0.1) is 5.92 Å². The number of piperidine rings is 1. The van der Waals surface area contributed by atoms with Crippen molar-refractivity contribution in [3.63, 3.8) is 0 Å². The minimum atomic E-state index is -0.117. The van der Waals surface area contributed by atoms with Gasteiger partial charge in [-0.1, -0.05) is 19.1 Å². The van der Waals surface area contributed by atoms with E-state index >= 15 is 0 Å². The third-order valence-electron chi connectivity index (χ3n) is 4.57. The lowest BCUT2D eigenvalue weighted by molar-refractivity contribution is -0.116. The van der Waals surface area contributed by atoms with Gasteiger partial charge in [0.25, 0.3) is 0 Å². The van der Waals surface area contributed by atoms with Crippen molar-refractivity contribution in [3.8, 4) is 0 Å². The molecule has 5 nitrogen and oxygen atoms in total. The van der Waals surface area contributed by atoms with Gasteiger partial charge in [-0.05, 0) is 44.4 Å². The van der Waals surface area contributed by atoms with Crippen LogP contribution in [0.25, 0.3) is 17.2 Å². The van der Waals surface area contributed by atoms with Gasteiger partial charge in [0.2, 0.25) is 11.8 Å². The minimum absolute atomic E-state index is 0.117. The Morgan fingerprint density at radius 1 is 1.50 bits per heavy atom. The lowest BCUT2D eigenvalue weighted by Crippen LogP contribution is -2.46. The molecule has 1 aromatic heterocycles. The third-order valence-corrected chi connectivity index (χ3v) is 4.57. The van der Waals surface area contributed by atoms with E-state index in [0.29, 0.717) is 18.5 Å². The molecule has 0 radical (unpaired) electrons. The van der Waals surface area contributed by atoms with E-state index in [9.17, 15) is 4.79 Å². The van der Waals surface area contributed by atoms with Crippen molar-refractivity contribution >= 4 is 23.1 Å². The molecule has 1 fully saturated rings. The number of para-hydroxylation sites is 2. The molecule has 1 aliphatic rings. The maximum Gasteiger partial charge on any atom is 0.244 e. The van der Waals surface area contributed by atoms with E-state index in [1.165, 1.54) is 18.9 Å². The van der Waals surface area contributed by atoms with Crippen LogP contribution in [0.1, 0.15) is 32.6 Å². The van der Waals surface area contributed by atoms with Crippen LogP contribution < -0.4 is 5.32 Å². The highest BCUT2D eigenvalue weighted by Crippen LogP contribution is 2.17. The average Bonchev–Trinajstić information content (AvgIpc) is 3.00. The normalized spacial score (nSPS) is 20.5. The number of hydrogen-bond donors (Lipinski definition) is 1. The lowest BCUT2D eigenvalue weighted by atomic mass is 9.99. The number of aromatic nitrogens is 1. The molecule has 1 saturated heterocycles. The van der Waals surface area contributed by atoms with Crippen molar-refractivity contribution < 1.29 is 9.21 Å². The Morgan fingerprint density at radius 2 is 2.33 bits per heavy atom. The topological polar surface area (TPSA) is 58.4 Å². The first kappa shape index (κ1) is 16.7. The summed E-state index contributed by atoms with van der Waals surface area (Å²) < 4.78 is 5.56. The van der Waals surface area contributed by atoms with Crippen molar-refractivity contribution in [1.29, 1.82) is 0 Å². The number of hydrogen-bond acceptors (Lipinski definition) is 4. The molecule has 1 amide bonds. The zero-order chi connectivity index (χ0) is 16.9. The number of nitrogens with zero attached hydrogens (tertiary/aromatic N) is 2. The largest absolute Gasteiger partial charge is 0.437 e. The maximum atomic E-state index is 12.0. The van der Waals surface area contributed by atoms with Gasteiger partial charge in [-0.15, -0.1) is 0 Å². The number of amides is 1. The summed E-state index contributed by atoms with van der Waals surface area (Å²) >= 11 is 0. The highest BCUT2D eigenvalue weighted by Gasteiger charge is 2.20. The number of likely N-dealkylation sites (tertiary alicyclic amines) is 1. The highest BCUT2D eigenvalue weighted by atomic mass is 16.3. The minimum Gasteiger partial charge on any atom is -0.437 e.